The van der Waals surface area contributed by atoms with Crippen molar-refractivity contribution < 1.29 is 14.3 Å². The zero-order chi connectivity index (χ0) is 28.8. The monoisotopic (exact) mass is 548 g/mol. The van der Waals surface area contributed by atoms with Crippen molar-refractivity contribution in [2.45, 2.75) is 19.1 Å². The van der Waals surface area contributed by atoms with E-state index in [2.05, 4.69) is 15.6 Å². The third kappa shape index (κ3) is 6.36. The van der Waals surface area contributed by atoms with Crippen LogP contribution in [0.4, 0.5) is 11.4 Å². The summed E-state index contributed by atoms with van der Waals surface area (Å²) in [6, 6.07) is 30.9. The number of rotatable bonds is 10. The number of methoxy groups -OCH3 is 1. The van der Waals surface area contributed by atoms with Crippen molar-refractivity contribution in [2.75, 3.05) is 31.4 Å². The van der Waals surface area contributed by atoms with Crippen LogP contribution in [0.2, 0.25) is 0 Å². The van der Waals surface area contributed by atoms with Crippen LogP contribution in [-0.2, 0) is 22.7 Å². The number of amides is 2. The molecule has 9 heteroatoms. The molecule has 0 aliphatic carbocycles. The van der Waals surface area contributed by atoms with E-state index in [0.717, 1.165) is 16.8 Å². The highest BCUT2D eigenvalue weighted by molar-refractivity contribution is 5.98. The van der Waals surface area contributed by atoms with Gasteiger partial charge in [0.1, 0.15) is 23.9 Å². The van der Waals surface area contributed by atoms with Crippen LogP contribution in [-0.4, -0.2) is 52.9 Å². The largest absolute Gasteiger partial charge is 0.497 e. The van der Waals surface area contributed by atoms with Gasteiger partial charge in [-0.25, -0.2) is 4.68 Å². The quantitative estimate of drug-likeness (QED) is 0.267. The lowest BCUT2D eigenvalue weighted by molar-refractivity contribution is -0.140. The first-order chi connectivity index (χ1) is 19.9. The number of benzene rings is 4. The van der Waals surface area contributed by atoms with E-state index in [0.29, 0.717) is 22.5 Å². The predicted molar refractivity (Wildman–Crippen MR) is 160 cm³/mol. The van der Waals surface area contributed by atoms with Crippen molar-refractivity contribution in [3.63, 3.8) is 0 Å². The fraction of sp³-hybridized carbons (Fsp3) is 0.188. The number of fused-ring (bicyclic) bond motifs is 1. The summed E-state index contributed by atoms with van der Waals surface area (Å²) < 4.78 is 7.03. The first kappa shape index (κ1) is 27.4. The first-order valence-corrected chi connectivity index (χ1v) is 13.3. The molecule has 2 amide bonds. The van der Waals surface area contributed by atoms with Gasteiger partial charge in [0.15, 0.2) is 0 Å². The van der Waals surface area contributed by atoms with E-state index in [-0.39, 0.29) is 24.9 Å². The number of anilines is 2. The Morgan fingerprint density at radius 2 is 1.63 bits per heavy atom. The maximum atomic E-state index is 14.1. The molecule has 0 aliphatic rings. The Morgan fingerprint density at radius 3 is 2.37 bits per heavy atom. The van der Waals surface area contributed by atoms with Gasteiger partial charge in [-0.3, -0.25) is 9.59 Å². The predicted octanol–water partition coefficient (Wildman–Crippen LogP) is 4.91. The fourth-order valence-electron chi connectivity index (χ4n) is 4.69. The molecule has 1 unspecified atom stereocenters. The summed E-state index contributed by atoms with van der Waals surface area (Å²) >= 11 is 0. The van der Waals surface area contributed by atoms with Gasteiger partial charge in [-0.15, -0.1) is 5.10 Å². The van der Waals surface area contributed by atoms with E-state index in [1.807, 2.05) is 116 Å². The lowest BCUT2D eigenvalue weighted by Gasteiger charge is -2.32. The Morgan fingerprint density at radius 1 is 0.902 bits per heavy atom. The van der Waals surface area contributed by atoms with E-state index in [1.54, 1.807) is 22.8 Å². The van der Waals surface area contributed by atoms with Crippen LogP contribution in [0, 0.1) is 0 Å². The van der Waals surface area contributed by atoms with E-state index in [1.165, 1.54) is 0 Å². The molecular formula is C32H32N6O3. The summed E-state index contributed by atoms with van der Waals surface area (Å²) in [5.74, 6) is -0.0379. The maximum absolute atomic E-state index is 14.1. The molecule has 5 rings (SSSR count). The molecule has 0 saturated heterocycles. The number of para-hydroxylation sites is 1. The molecule has 1 N–H and O–H groups in total. The van der Waals surface area contributed by atoms with Crippen molar-refractivity contribution in [1.29, 1.82) is 0 Å². The van der Waals surface area contributed by atoms with E-state index in [9.17, 15) is 9.59 Å². The lowest BCUT2D eigenvalue weighted by atomic mass is 10.0. The molecule has 0 bridgehead atoms. The van der Waals surface area contributed by atoms with Crippen molar-refractivity contribution in [1.82, 2.24) is 19.9 Å². The molecule has 41 heavy (non-hydrogen) atoms. The van der Waals surface area contributed by atoms with Gasteiger partial charge in [0.05, 0.1) is 12.6 Å². The first-order valence-electron chi connectivity index (χ1n) is 13.3. The van der Waals surface area contributed by atoms with Gasteiger partial charge in [-0.2, -0.15) is 0 Å². The molecule has 0 aliphatic heterocycles. The third-order valence-corrected chi connectivity index (χ3v) is 6.84. The number of ether oxygens (including phenoxy) is 1. The number of carbonyl (C=O) groups excluding carboxylic acids is 2. The second-order valence-electron chi connectivity index (χ2n) is 9.85. The zero-order valence-corrected chi connectivity index (χ0v) is 23.3. The van der Waals surface area contributed by atoms with E-state index in [4.69, 9.17) is 4.74 Å². The van der Waals surface area contributed by atoms with Gasteiger partial charge in [0, 0.05) is 32.0 Å². The Hall–Kier alpha value is -5.18. The highest BCUT2D eigenvalue weighted by atomic mass is 16.5. The average molecular weight is 549 g/mol. The summed E-state index contributed by atoms with van der Waals surface area (Å²) in [6.07, 6.45) is 0. The molecule has 5 aromatic rings. The smallest absolute Gasteiger partial charge is 0.251 e. The fourth-order valence-corrected chi connectivity index (χ4v) is 4.69. The van der Waals surface area contributed by atoms with Gasteiger partial charge in [-0.05, 0) is 59.7 Å². The van der Waals surface area contributed by atoms with Gasteiger partial charge in [0.2, 0.25) is 5.91 Å². The van der Waals surface area contributed by atoms with Crippen LogP contribution in [0.5, 0.6) is 5.75 Å². The summed E-state index contributed by atoms with van der Waals surface area (Å²) in [4.78, 5) is 31.8. The standard InChI is InChI=1S/C32H32N6O3/c1-36(2)26-18-16-25(17-19-26)33-32(40)31(24-12-9-13-27(20-24)41-3)37(21-23-10-5-4-6-11-23)30(39)22-38-29-15-8-7-14-28(29)34-35-38/h4-20,31H,21-22H2,1-3H3,(H,33,40). The van der Waals surface area contributed by atoms with Crippen LogP contribution in [0.1, 0.15) is 17.2 Å². The van der Waals surface area contributed by atoms with Gasteiger partial charge in [-0.1, -0.05) is 59.8 Å². The van der Waals surface area contributed by atoms with Crippen LogP contribution in [0.3, 0.4) is 0 Å². The molecule has 208 valence electrons. The molecule has 0 radical (unpaired) electrons. The van der Waals surface area contributed by atoms with Crippen LogP contribution >= 0.6 is 0 Å². The molecular weight excluding hydrogens is 516 g/mol. The second-order valence-corrected chi connectivity index (χ2v) is 9.85. The van der Waals surface area contributed by atoms with Crippen molar-refractivity contribution in [3.05, 3.63) is 114 Å². The summed E-state index contributed by atoms with van der Waals surface area (Å²) in [5, 5.41) is 11.4. The zero-order valence-electron chi connectivity index (χ0n) is 23.3. The Balaban J connectivity index is 1.54. The highest BCUT2D eigenvalue weighted by Crippen LogP contribution is 2.29. The summed E-state index contributed by atoms with van der Waals surface area (Å²) in [6.45, 7) is 0.125. The highest BCUT2D eigenvalue weighted by Gasteiger charge is 2.32. The number of aromatic nitrogens is 3. The molecule has 1 atom stereocenters. The number of carbonyl (C=O) groups is 2. The van der Waals surface area contributed by atoms with E-state index >= 15 is 0 Å². The molecule has 1 heterocycles. The van der Waals surface area contributed by atoms with Crippen molar-refractivity contribution in [2.24, 2.45) is 0 Å². The normalized spacial score (nSPS) is 11.6. The van der Waals surface area contributed by atoms with Gasteiger partial charge in [0.25, 0.3) is 5.91 Å². The lowest BCUT2D eigenvalue weighted by Crippen LogP contribution is -2.42. The molecule has 0 spiro atoms. The number of hydrogen-bond acceptors (Lipinski definition) is 6. The Bertz CT molecular complexity index is 1630. The summed E-state index contributed by atoms with van der Waals surface area (Å²) in [7, 11) is 5.48. The van der Waals surface area contributed by atoms with Crippen LogP contribution < -0.4 is 15.0 Å². The van der Waals surface area contributed by atoms with E-state index < -0.39 is 6.04 Å². The molecule has 0 saturated carbocycles. The number of nitrogens with one attached hydrogen (secondary N) is 1. The number of nitrogens with zero attached hydrogens (tertiary/aromatic N) is 5. The minimum absolute atomic E-state index is 0.0847. The van der Waals surface area contributed by atoms with Crippen LogP contribution in [0.15, 0.2) is 103 Å². The van der Waals surface area contributed by atoms with Crippen molar-refractivity contribution >= 4 is 34.2 Å². The minimum atomic E-state index is -0.957. The maximum Gasteiger partial charge on any atom is 0.251 e. The number of hydrogen-bond donors (Lipinski definition) is 1. The topological polar surface area (TPSA) is 92.6 Å². The Labute approximate surface area is 239 Å². The molecule has 9 nitrogen and oxygen atoms in total. The average Bonchev–Trinajstić information content (AvgIpc) is 3.40. The van der Waals surface area contributed by atoms with Crippen LogP contribution in [0.25, 0.3) is 11.0 Å². The second kappa shape index (κ2) is 12.3. The molecule has 4 aromatic carbocycles. The molecule has 1 aromatic heterocycles. The van der Waals surface area contributed by atoms with Crippen molar-refractivity contribution in [3.8, 4) is 5.75 Å². The SMILES string of the molecule is COc1cccc(C(C(=O)Nc2ccc(N(C)C)cc2)N(Cc2ccccc2)C(=O)Cn2nnc3ccccc32)c1. The molecule has 0 fully saturated rings. The summed E-state index contributed by atoms with van der Waals surface area (Å²) in [5.41, 5.74) is 4.58. The Kier molecular flexibility index (Phi) is 8.24. The van der Waals surface area contributed by atoms with Gasteiger partial charge >= 0.3 is 0 Å². The minimum Gasteiger partial charge on any atom is -0.497 e. The third-order valence-electron chi connectivity index (χ3n) is 6.84. The van der Waals surface area contributed by atoms with Gasteiger partial charge < -0.3 is 19.9 Å².